The number of hydrazone groups is 1. The summed E-state index contributed by atoms with van der Waals surface area (Å²) in [4.78, 5) is 4.10. The minimum Gasteiger partial charge on any atom is -0.246 e. The molecule has 0 atom stereocenters. The van der Waals surface area contributed by atoms with Gasteiger partial charge in [0.15, 0.2) is 0 Å². The number of thioether (sulfide) groups is 1. The van der Waals surface area contributed by atoms with Crippen molar-refractivity contribution < 1.29 is 0 Å². The van der Waals surface area contributed by atoms with Gasteiger partial charge in [-0.2, -0.15) is 15.3 Å². The van der Waals surface area contributed by atoms with Gasteiger partial charge in [0.25, 0.3) is 0 Å². The van der Waals surface area contributed by atoms with Gasteiger partial charge in [-0.25, -0.2) is 10.5 Å². The summed E-state index contributed by atoms with van der Waals surface area (Å²) in [7, 11) is 0. The highest BCUT2D eigenvalue weighted by Gasteiger charge is 2.01. The monoisotopic (exact) mass is 258 g/mol. The summed E-state index contributed by atoms with van der Waals surface area (Å²) in [5.41, 5.74) is 3.72. The first-order chi connectivity index (χ1) is 8.88. The fourth-order valence-electron chi connectivity index (χ4n) is 1.16. The lowest BCUT2D eigenvalue weighted by atomic mass is 10.2. The molecule has 2 N–H and O–H groups in total. The van der Waals surface area contributed by atoms with Crippen LogP contribution in [0.1, 0.15) is 5.56 Å². The van der Waals surface area contributed by atoms with E-state index in [1.165, 1.54) is 11.8 Å². The quantitative estimate of drug-likeness (QED) is 0.485. The predicted molar refractivity (Wildman–Crippen MR) is 70.4 cm³/mol. The molecule has 1 heterocycles. The normalized spacial score (nSPS) is 10.4. The van der Waals surface area contributed by atoms with Gasteiger partial charge in [-0.15, -0.1) is 5.10 Å². The smallest absolute Gasteiger partial charge is 0.240 e. The van der Waals surface area contributed by atoms with Crippen LogP contribution in [0, 0.1) is 11.3 Å². The van der Waals surface area contributed by atoms with Gasteiger partial charge in [-0.3, -0.25) is 0 Å². The first-order valence-electron chi connectivity index (χ1n) is 5.15. The van der Waals surface area contributed by atoms with E-state index in [-0.39, 0.29) is 0 Å². The van der Waals surface area contributed by atoms with Crippen molar-refractivity contribution in [3.63, 3.8) is 0 Å². The second-order valence-electron chi connectivity index (χ2n) is 3.19. The number of nitrogens with zero attached hydrogens (tertiary/aromatic N) is 4. The summed E-state index contributed by atoms with van der Waals surface area (Å²) >= 11 is 1.26. The molecule has 0 radical (unpaired) electrons. The zero-order valence-corrected chi connectivity index (χ0v) is 10.2. The van der Waals surface area contributed by atoms with E-state index in [9.17, 15) is 0 Å². The molecule has 0 spiro atoms. The van der Waals surface area contributed by atoms with Crippen LogP contribution in [-0.4, -0.2) is 27.1 Å². The van der Waals surface area contributed by atoms with E-state index < -0.39 is 0 Å². The SMILES string of the molecule is N#CCSc1n[nH]c(N/N=C\c2ccccc2)n1. The van der Waals surface area contributed by atoms with E-state index in [2.05, 4.69) is 25.7 Å². The van der Waals surface area contributed by atoms with Gasteiger partial charge in [0.1, 0.15) is 0 Å². The maximum absolute atomic E-state index is 8.43. The molecule has 0 unspecified atom stereocenters. The van der Waals surface area contributed by atoms with Crippen LogP contribution in [0.5, 0.6) is 0 Å². The van der Waals surface area contributed by atoms with Crippen molar-refractivity contribution in [2.75, 3.05) is 11.2 Å². The summed E-state index contributed by atoms with van der Waals surface area (Å²) in [6, 6.07) is 11.7. The predicted octanol–water partition coefficient (Wildman–Crippen LogP) is 1.87. The average Bonchev–Trinajstić information content (AvgIpc) is 2.85. The van der Waals surface area contributed by atoms with Gasteiger partial charge >= 0.3 is 0 Å². The van der Waals surface area contributed by atoms with Gasteiger partial charge < -0.3 is 0 Å². The molecule has 0 aliphatic heterocycles. The lowest BCUT2D eigenvalue weighted by Gasteiger charge is -1.92. The van der Waals surface area contributed by atoms with E-state index in [0.29, 0.717) is 16.9 Å². The summed E-state index contributed by atoms with van der Waals surface area (Å²) in [6.45, 7) is 0. The standard InChI is InChI=1S/C11H10N6S/c12-6-7-18-11-14-10(16-17-11)15-13-8-9-4-2-1-3-5-9/h1-5,8H,7H2,(H2,14,15,16,17)/b13-8-. The van der Waals surface area contributed by atoms with Crippen molar-refractivity contribution in [2.45, 2.75) is 5.16 Å². The molecule has 1 aromatic carbocycles. The third kappa shape index (κ3) is 3.61. The number of anilines is 1. The molecule has 2 aromatic rings. The average molecular weight is 258 g/mol. The van der Waals surface area contributed by atoms with Gasteiger partial charge in [0.2, 0.25) is 11.1 Å². The number of hydrogen-bond donors (Lipinski definition) is 2. The highest BCUT2D eigenvalue weighted by Crippen LogP contribution is 2.12. The molecule has 2 rings (SSSR count). The second kappa shape index (κ2) is 6.42. The van der Waals surface area contributed by atoms with Crippen LogP contribution in [-0.2, 0) is 0 Å². The Bertz CT molecular complexity index is 556. The number of H-pyrrole nitrogens is 1. The molecule has 6 nitrogen and oxygen atoms in total. The van der Waals surface area contributed by atoms with E-state index in [1.807, 2.05) is 36.4 Å². The molecule has 0 aliphatic rings. The summed E-state index contributed by atoms with van der Waals surface area (Å²) in [5.74, 6) is 0.771. The van der Waals surface area contributed by atoms with Crippen molar-refractivity contribution >= 4 is 23.9 Å². The largest absolute Gasteiger partial charge is 0.246 e. The summed E-state index contributed by atoms with van der Waals surface area (Å²) in [5, 5.41) is 19.6. The van der Waals surface area contributed by atoms with Crippen molar-refractivity contribution in [1.82, 2.24) is 15.2 Å². The molecule has 7 heteroatoms. The van der Waals surface area contributed by atoms with E-state index in [1.54, 1.807) is 6.21 Å². The Morgan fingerprint density at radius 2 is 2.28 bits per heavy atom. The van der Waals surface area contributed by atoms with Crippen LogP contribution in [0.15, 0.2) is 40.6 Å². The molecular weight excluding hydrogens is 248 g/mol. The Morgan fingerprint density at radius 1 is 1.44 bits per heavy atom. The first kappa shape index (κ1) is 12.1. The highest BCUT2D eigenvalue weighted by atomic mass is 32.2. The molecule has 90 valence electrons. The third-order valence-corrected chi connectivity index (χ3v) is 2.63. The molecule has 0 amide bonds. The third-order valence-electron chi connectivity index (χ3n) is 1.91. The lowest BCUT2D eigenvalue weighted by molar-refractivity contribution is 0.975. The van der Waals surface area contributed by atoms with Gasteiger partial charge in [0, 0.05) is 0 Å². The summed E-state index contributed by atoms with van der Waals surface area (Å²) in [6.07, 6.45) is 1.69. The number of rotatable bonds is 5. The molecule has 0 fully saturated rings. The van der Waals surface area contributed by atoms with E-state index in [4.69, 9.17) is 5.26 Å². The number of nitriles is 1. The van der Waals surface area contributed by atoms with Gasteiger partial charge in [-0.05, 0) is 5.56 Å². The zero-order valence-electron chi connectivity index (χ0n) is 9.37. The number of aromatic nitrogens is 3. The van der Waals surface area contributed by atoms with Crippen LogP contribution in [0.4, 0.5) is 5.95 Å². The first-order valence-corrected chi connectivity index (χ1v) is 6.13. The van der Waals surface area contributed by atoms with Crippen LogP contribution in [0.2, 0.25) is 0 Å². The van der Waals surface area contributed by atoms with Crippen molar-refractivity contribution in [3.8, 4) is 6.07 Å². The Balaban J connectivity index is 1.89. The molecule has 0 saturated heterocycles. The molecule has 18 heavy (non-hydrogen) atoms. The maximum Gasteiger partial charge on any atom is 0.240 e. The Morgan fingerprint density at radius 3 is 3.06 bits per heavy atom. The van der Waals surface area contributed by atoms with Crippen molar-refractivity contribution in [3.05, 3.63) is 35.9 Å². The zero-order chi connectivity index (χ0) is 12.6. The fourth-order valence-corrected chi connectivity index (χ4v) is 1.62. The van der Waals surface area contributed by atoms with Crippen LogP contribution in [0.3, 0.4) is 0 Å². The Hall–Kier alpha value is -2.33. The van der Waals surface area contributed by atoms with Crippen LogP contribution in [0.25, 0.3) is 0 Å². The van der Waals surface area contributed by atoms with Crippen molar-refractivity contribution in [2.24, 2.45) is 5.10 Å². The Labute approximate surface area is 108 Å². The lowest BCUT2D eigenvalue weighted by Crippen LogP contribution is -1.92. The topological polar surface area (TPSA) is 89.8 Å². The molecule has 0 bridgehead atoms. The molecule has 0 saturated carbocycles. The van der Waals surface area contributed by atoms with E-state index >= 15 is 0 Å². The summed E-state index contributed by atoms with van der Waals surface area (Å²) < 4.78 is 0. The second-order valence-corrected chi connectivity index (χ2v) is 4.14. The Kier molecular flexibility index (Phi) is 4.33. The molecule has 0 aliphatic carbocycles. The highest BCUT2D eigenvalue weighted by molar-refractivity contribution is 7.99. The molecule has 1 aromatic heterocycles. The van der Waals surface area contributed by atoms with Crippen LogP contribution >= 0.6 is 11.8 Å². The number of hydrogen-bond acceptors (Lipinski definition) is 6. The number of nitrogens with one attached hydrogen (secondary N) is 2. The maximum atomic E-state index is 8.43. The van der Waals surface area contributed by atoms with Crippen LogP contribution < -0.4 is 5.43 Å². The van der Waals surface area contributed by atoms with Gasteiger partial charge in [0.05, 0.1) is 18.0 Å². The minimum atomic E-state index is 0.324. The van der Waals surface area contributed by atoms with E-state index in [0.717, 1.165) is 5.56 Å². The fraction of sp³-hybridized carbons (Fsp3) is 0.0909. The number of aromatic amines is 1. The minimum absolute atomic E-state index is 0.324. The molecular formula is C11H10N6S. The van der Waals surface area contributed by atoms with Gasteiger partial charge in [-0.1, -0.05) is 42.1 Å². The number of benzene rings is 1. The van der Waals surface area contributed by atoms with Crippen molar-refractivity contribution in [1.29, 1.82) is 5.26 Å².